The fourth-order valence-electron chi connectivity index (χ4n) is 9.18. The van der Waals surface area contributed by atoms with Crippen LogP contribution in [0.15, 0.2) is 205 Å². The lowest BCUT2D eigenvalue weighted by Gasteiger charge is -2.27. The second-order valence-corrected chi connectivity index (χ2v) is 15.8. The van der Waals surface area contributed by atoms with E-state index in [4.69, 9.17) is 4.42 Å². The molecule has 0 spiro atoms. The smallest absolute Gasteiger partial charge is 0.136 e. The normalized spacial score (nSPS) is 12.9. The van der Waals surface area contributed by atoms with Crippen molar-refractivity contribution in [3.8, 4) is 44.5 Å². The van der Waals surface area contributed by atoms with Crippen molar-refractivity contribution in [3.63, 3.8) is 0 Å². The second kappa shape index (κ2) is 13.0. The Hall–Kier alpha value is -7.16. The molecule has 0 N–H and O–H groups in total. The van der Waals surface area contributed by atoms with Crippen LogP contribution >= 0.6 is 0 Å². The van der Waals surface area contributed by atoms with Crippen LogP contribution in [0.5, 0.6) is 0 Å². The van der Waals surface area contributed by atoms with Crippen molar-refractivity contribution in [1.29, 1.82) is 0 Å². The molecule has 0 unspecified atom stereocenters. The molecule has 2 nitrogen and oxygen atoms in total. The van der Waals surface area contributed by atoms with E-state index >= 15 is 0 Å². The van der Waals surface area contributed by atoms with Gasteiger partial charge in [-0.15, -0.1) is 0 Å². The highest BCUT2D eigenvalue weighted by Gasteiger charge is 2.35. The summed E-state index contributed by atoms with van der Waals surface area (Å²) in [5.74, 6) is 0. The first-order valence-electron chi connectivity index (χ1n) is 19.7. The molecule has 0 aliphatic heterocycles. The summed E-state index contributed by atoms with van der Waals surface area (Å²) < 4.78 is 6.30. The summed E-state index contributed by atoms with van der Waals surface area (Å²) in [6, 6.07) is 72.8. The molecule has 1 heterocycles. The van der Waals surface area contributed by atoms with Crippen molar-refractivity contribution < 1.29 is 4.42 Å². The molecule has 0 radical (unpaired) electrons. The van der Waals surface area contributed by atoms with Crippen LogP contribution in [0.1, 0.15) is 25.0 Å². The zero-order valence-corrected chi connectivity index (χ0v) is 31.9. The van der Waals surface area contributed by atoms with E-state index in [9.17, 15) is 0 Å². The largest absolute Gasteiger partial charge is 0.456 e. The first-order chi connectivity index (χ1) is 28.0. The molecule has 1 aliphatic carbocycles. The first-order valence-corrected chi connectivity index (χ1v) is 19.7. The molecule has 9 aromatic carbocycles. The third-order valence-electron chi connectivity index (χ3n) is 12.0. The fourth-order valence-corrected chi connectivity index (χ4v) is 9.18. The van der Waals surface area contributed by atoms with Gasteiger partial charge in [0.1, 0.15) is 11.2 Å². The van der Waals surface area contributed by atoms with Crippen LogP contribution in [-0.4, -0.2) is 0 Å². The summed E-state index contributed by atoms with van der Waals surface area (Å²) in [5.41, 5.74) is 17.6. The lowest BCUT2D eigenvalue weighted by Crippen LogP contribution is -2.15. The second-order valence-electron chi connectivity index (χ2n) is 15.8. The maximum Gasteiger partial charge on any atom is 0.136 e. The van der Waals surface area contributed by atoms with E-state index in [-0.39, 0.29) is 5.41 Å². The van der Waals surface area contributed by atoms with E-state index in [0.29, 0.717) is 0 Å². The monoisotopic (exact) mass is 729 g/mol. The van der Waals surface area contributed by atoms with Gasteiger partial charge >= 0.3 is 0 Å². The summed E-state index contributed by atoms with van der Waals surface area (Å²) in [4.78, 5) is 2.39. The Labute approximate surface area is 332 Å². The highest BCUT2D eigenvalue weighted by Crippen LogP contribution is 2.51. The minimum absolute atomic E-state index is 0.0488. The van der Waals surface area contributed by atoms with Gasteiger partial charge in [-0.05, 0) is 139 Å². The van der Waals surface area contributed by atoms with E-state index in [1.807, 2.05) is 6.07 Å². The Morgan fingerprint density at radius 3 is 1.81 bits per heavy atom. The van der Waals surface area contributed by atoms with Crippen LogP contribution in [0.4, 0.5) is 17.1 Å². The summed E-state index contributed by atoms with van der Waals surface area (Å²) in [5, 5.41) is 4.70. The van der Waals surface area contributed by atoms with Crippen LogP contribution < -0.4 is 4.90 Å². The fraction of sp³-hybridized carbons (Fsp3) is 0.0545. The van der Waals surface area contributed by atoms with Crippen LogP contribution in [0, 0.1) is 0 Å². The molecule has 0 fully saturated rings. The Bertz CT molecular complexity index is 3150. The van der Waals surface area contributed by atoms with Crippen molar-refractivity contribution in [2.24, 2.45) is 0 Å². The molecule has 11 rings (SSSR count). The number of para-hydroxylation sites is 2. The van der Waals surface area contributed by atoms with Gasteiger partial charge in [0, 0.05) is 33.2 Å². The molecule has 57 heavy (non-hydrogen) atoms. The predicted octanol–water partition coefficient (Wildman–Crippen LogP) is 15.5. The third kappa shape index (κ3) is 5.48. The molecule has 2 heteroatoms. The average Bonchev–Trinajstić information content (AvgIpc) is 3.76. The molecule has 0 bridgehead atoms. The predicted molar refractivity (Wildman–Crippen MR) is 240 cm³/mol. The highest BCUT2D eigenvalue weighted by molar-refractivity contribution is 6.19. The van der Waals surface area contributed by atoms with E-state index < -0.39 is 0 Å². The summed E-state index contributed by atoms with van der Waals surface area (Å²) >= 11 is 0. The van der Waals surface area contributed by atoms with Crippen LogP contribution in [0.2, 0.25) is 0 Å². The standard InChI is InChI=1S/C55H39NO/c1-55(2)50-22-11-9-20-46(50)49-35-45(27-28-51(49)55)56(43-17-7-4-8-18-43)44-19-13-16-38(33-44)41-30-40(36-14-5-3-6-15-36)31-42(32-41)39-25-24-37-26-29-53-54(48(37)34-39)47-21-10-12-23-52(47)57-53/h3-35H,1-2H3. The van der Waals surface area contributed by atoms with Gasteiger partial charge in [0.2, 0.25) is 0 Å². The number of hydrogen-bond donors (Lipinski definition) is 0. The van der Waals surface area contributed by atoms with E-state index in [1.165, 1.54) is 55.3 Å². The van der Waals surface area contributed by atoms with Gasteiger partial charge in [-0.3, -0.25) is 0 Å². The van der Waals surface area contributed by atoms with E-state index in [0.717, 1.165) is 50.1 Å². The van der Waals surface area contributed by atoms with Crippen LogP contribution in [-0.2, 0) is 5.41 Å². The Kier molecular flexibility index (Phi) is 7.55. The average molecular weight is 730 g/mol. The van der Waals surface area contributed by atoms with Gasteiger partial charge in [0.25, 0.3) is 0 Å². The molecule has 1 aliphatic rings. The molecule has 10 aromatic rings. The molecule has 0 saturated heterocycles. The lowest BCUT2D eigenvalue weighted by atomic mass is 9.82. The quantitative estimate of drug-likeness (QED) is 0.169. The zero-order valence-electron chi connectivity index (χ0n) is 31.9. The van der Waals surface area contributed by atoms with Crippen LogP contribution in [0.25, 0.3) is 77.2 Å². The SMILES string of the molecule is CC1(C)c2ccccc2-c2cc(N(c3ccccc3)c3cccc(-c4cc(-c5ccccc5)cc(-c5ccc6ccc7oc8ccccc8c7c6c5)c4)c3)ccc21. The zero-order chi connectivity index (χ0) is 38.1. The number of hydrogen-bond acceptors (Lipinski definition) is 2. The van der Waals surface area contributed by atoms with Gasteiger partial charge in [-0.2, -0.15) is 0 Å². The number of anilines is 3. The van der Waals surface area contributed by atoms with Crippen molar-refractivity contribution in [2.75, 3.05) is 4.90 Å². The Morgan fingerprint density at radius 2 is 0.982 bits per heavy atom. The van der Waals surface area contributed by atoms with Crippen molar-refractivity contribution in [1.82, 2.24) is 0 Å². The number of nitrogens with zero attached hydrogens (tertiary/aromatic N) is 1. The third-order valence-corrected chi connectivity index (χ3v) is 12.0. The van der Waals surface area contributed by atoms with Gasteiger partial charge in [0.15, 0.2) is 0 Å². The number of furan rings is 1. The van der Waals surface area contributed by atoms with Gasteiger partial charge in [-0.25, -0.2) is 0 Å². The number of benzene rings is 9. The topological polar surface area (TPSA) is 16.4 Å². The molecular formula is C55H39NO. The number of fused-ring (bicyclic) bond motifs is 8. The summed E-state index contributed by atoms with van der Waals surface area (Å²) in [6.07, 6.45) is 0. The maximum atomic E-state index is 6.30. The summed E-state index contributed by atoms with van der Waals surface area (Å²) in [7, 11) is 0. The first kappa shape index (κ1) is 33.2. The molecule has 1 aromatic heterocycles. The molecular weight excluding hydrogens is 691 g/mol. The van der Waals surface area contributed by atoms with E-state index in [1.54, 1.807) is 0 Å². The highest BCUT2D eigenvalue weighted by atomic mass is 16.3. The Morgan fingerprint density at radius 1 is 0.368 bits per heavy atom. The van der Waals surface area contributed by atoms with Gasteiger partial charge in [-0.1, -0.05) is 141 Å². The minimum atomic E-state index is -0.0488. The lowest BCUT2D eigenvalue weighted by molar-refractivity contribution is 0.660. The number of rotatable bonds is 6. The van der Waals surface area contributed by atoms with Crippen molar-refractivity contribution >= 4 is 49.8 Å². The van der Waals surface area contributed by atoms with Crippen LogP contribution in [0.3, 0.4) is 0 Å². The summed E-state index contributed by atoms with van der Waals surface area (Å²) in [6.45, 7) is 4.68. The van der Waals surface area contributed by atoms with Gasteiger partial charge in [0.05, 0.1) is 0 Å². The molecule has 0 amide bonds. The molecule has 0 saturated carbocycles. The Balaban J connectivity index is 1.07. The maximum absolute atomic E-state index is 6.30. The molecule has 0 atom stereocenters. The molecule has 270 valence electrons. The van der Waals surface area contributed by atoms with E-state index in [2.05, 4.69) is 213 Å². The minimum Gasteiger partial charge on any atom is -0.456 e. The van der Waals surface area contributed by atoms with Crippen molar-refractivity contribution in [2.45, 2.75) is 19.3 Å². The van der Waals surface area contributed by atoms with Gasteiger partial charge < -0.3 is 9.32 Å². The van der Waals surface area contributed by atoms with Crippen molar-refractivity contribution in [3.05, 3.63) is 211 Å².